The molecule has 1 aliphatic rings. The van der Waals surface area contributed by atoms with E-state index in [9.17, 15) is 9.18 Å². The molecule has 32 heavy (non-hydrogen) atoms. The minimum Gasteiger partial charge on any atom is -0.465 e. The van der Waals surface area contributed by atoms with Gasteiger partial charge in [0, 0.05) is 27.7 Å². The average molecular weight is 493 g/mol. The van der Waals surface area contributed by atoms with Crippen molar-refractivity contribution in [2.24, 2.45) is 5.92 Å². The maximum Gasteiger partial charge on any atom is 0.341 e. The molecule has 0 bridgehead atoms. The second kappa shape index (κ2) is 9.56. The second-order valence-electron chi connectivity index (χ2n) is 7.73. The van der Waals surface area contributed by atoms with Gasteiger partial charge >= 0.3 is 5.97 Å². The summed E-state index contributed by atoms with van der Waals surface area (Å²) in [5.41, 5.74) is 1.98. The van der Waals surface area contributed by atoms with Crippen molar-refractivity contribution >= 4 is 57.1 Å². The van der Waals surface area contributed by atoms with E-state index in [4.69, 9.17) is 28.6 Å². The fourth-order valence-corrected chi connectivity index (χ4v) is 5.67. The van der Waals surface area contributed by atoms with E-state index in [-0.39, 0.29) is 18.3 Å². The highest BCUT2D eigenvalue weighted by Crippen LogP contribution is 2.40. The highest BCUT2D eigenvalue weighted by molar-refractivity contribution is 7.80. The van der Waals surface area contributed by atoms with Crippen LogP contribution >= 0.6 is 35.2 Å². The van der Waals surface area contributed by atoms with Crippen molar-refractivity contribution in [2.75, 3.05) is 17.7 Å². The van der Waals surface area contributed by atoms with Crippen LogP contribution in [-0.4, -0.2) is 28.0 Å². The van der Waals surface area contributed by atoms with E-state index in [1.54, 1.807) is 29.1 Å². The molecular formula is C22H22ClFN4O2S2. The Balaban J connectivity index is 1.47. The van der Waals surface area contributed by atoms with Crippen LogP contribution in [0.2, 0.25) is 5.02 Å². The van der Waals surface area contributed by atoms with E-state index >= 15 is 0 Å². The quantitative estimate of drug-likeness (QED) is 0.362. The molecule has 0 spiro atoms. The number of ether oxygens (including phenoxy) is 1. The van der Waals surface area contributed by atoms with E-state index in [1.165, 1.54) is 29.4 Å². The summed E-state index contributed by atoms with van der Waals surface area (Å²) in [5, 5.41) is 11.8. The molecule has 6 nitrogen and oxygen atoms in total. The van der Waals surface area contributed by atoms with Crippen molar-refractivity contribution < 1.29 is 13.9 Å². The largest absolute Gasteiger partial charge is 0.465 e. The van der Waals surface area contributed by atoms with Crippen molar-refractivity contribution in [3.8, 4) is 0 Å². The number of nitrogens with zero attached hydrogens (tertiary/aromatic N) is 2. The van der Waals surface area contributed by atoms with Gasteiger partial charge in [-0.15, -0.1) is 11.3 Å². The van der Waals surface area contributed by atoms with Crippen molar-refractivity contribution in [2.45, 2.75) is 32.7 Å². The Hall–Kier alpha value is -2.49. The van der Waals surface area contributed by atoms with Crippen LogP contribution in [0.25, 0.3) is 0 Å². The van der Waals surface area contributed by atoms with Crippen LogP contribution in [0.3, 0.4) is 0 Å². The lowest BCUT2D eigenvalue weighted by Gasteiger charge is -2.18. The summed E-state index contributed by atoms with van der Waals surface area (Å²) in [7, 11) is 1.38. The minimum absolute atomic E-state index is 0.190. The van der Waals surface area contributed by atoms with Crippen LogP contribution in [0.15, 0.2) is 30.5 Å². The zero-order valence-corrected chi connectivity index (χ0v) is 20.0. The van der Waals surface area contributed by atoms with E-state index < -0.39 is 0 Å². The number of halogens is 2. The van der Waals surface area contributed by atoms with Gasteiger partial charge in [0.1, 0.15) is 10.8 Å². The molecule has 2 N–H and O–H groups in total. The summed E-state index contributed by atoms with van der Waals surface area (Å²) in [6.45, 7) is 2.40. The molecule has 3 aromatic rings. The van der Waals surface area contributed by atoms with Gasteiger partial charge in [-0.2, -0.15) is 5.10 Å². The van der Waals surface area contributed by atoms with Crippen LogP contribution in [0.5, 0.6) is 0 Å². The number of carbonyl (C=O) groups excluding carboxylic acids is 1. The number of anilines is 2. The third-order valence-corrected chi connectivity index (χ3v) is 7.12. The number of thiocarbonyl (C=S) groups is 1. The molecule has 1 unspecified atom stereocenters. The molecule has 0 fully saturated rings. The first-order valence-corrected chi connectivity index (χ1v) is 11.7. The van der Waals surface area contributed by atoms with Crippen molar-refractivity contribution in [1.82, 2.24) is 9.78 Å². The van der Waals surface area contributed by atoms with Gasteiger partial charge in [-0.1, -0.05) is 24.6 Å². The molecule has 2 aromatic heterocycles. The van der Waals surface area contributed by atoms with Crippen molar-refractivity contribution in [1.29, 1.82) is 0 Å². The molecule has 0 radical (unpaired) electrons. The first-order chi connectivity index (χ1) is 15.4. The first-order valence-electron chi connectivity index (χ1n) is 10.1. The number of benzene rings is 1. The molecule has 0 amide bonds. The minimum atomic E-state index is -0.383. The summed E-state index contributed by atoms with van der Waals surface area (Å²) in [6.07, 6.45) is 4.54. The Bertz CT molecular complexity index is 1160. The molecular weight excluding hydrogens is 471 g/mol. The lowest BCUT2D eigenvalue weighted by atomic mass is 9.88. The SMILES string of the molecule is COC(=O)c1c(NC(=S)Nc2ccn(Cc3c(F)cccc3Cl)n2)sc2c1CCC(C)C2. The number of carbonyl (C=O) groups is 1. The average Bonchev–Trinajstić information content (AvgIpc) is 3.33. The molecule has 4 rings (SSSR count). The number of esters is 1. The first kappa shape index (κ1) is 22.7. The van der Waals surface area contributed by atoms with Crippen LogP contribution in [0.1, 0.15) is 39.7 Å². The predicted molar refractivity (Wildman–Crippen MR) is 129 cm³/mol. The molecule has 2 heterocycles. The molecule has 10 heteroatoms. The summed E-state index contributed by atoms with van der Waals surface area (Å²) in [4.78, 5) is 13.6. The number of hydrogen-bond donors (Lipinski definition) is 2. The normalized spacial score (nSPS) is 15.2. The highest BCUT2D eigenvalue weighted by atomic mass is 35.5. The van der Waals surface area contributed by atoms with E-state index in [0.717, 1.165) is 24.8 Å². The van der Waals surface area contributed by atoms with Gasteiger partial charge in [0.2, 0.25) is 0 Å². The Morgan fingerprint density at radius 1 is 1.41 bits per heavy atom. The van der Waals surface area contributed by atoms with Crippen LogP contribution in [-0.2, 0) is 24.1 Å². The summed E-state index contributed by atoms with van der Waals surface area (Å²) >= 11 is 13.1. The van der Waals surface area contributed by atoms with Crippen molar-refractivity contribution in [3.63, 3.8) is 0 Å². The Kier molecular flexibility index (Phi) is 6.78. The smallest absolute Gasteiger partial charge is 0.341 e. The molecule has 1 aromatic carbocycles. The lowest BCUT2D eigenvalue weighted by Crippen LogP contribution is -2.21. The van der Waals surface area contributed by atoms with Gasteiger partial charge in [0.15, 0.2) is 10.9 Å². The molecule has 1 atom stereocenters. The zero-order chi connectivity index (χ0) is 22.8. The van der Waals surface area contributed by atoms with Gasteiger partial charge in [-0.05, 0) is 55.1 Å². The number of methoxy groups -OCH3 is 1. The molecule has 1 aliphatic carbocycles. The van der Waals surface area contributed by atoms with E-state index in [2.05, 4.69) is 22.7 Å². The summed E-state index contributed by atoms with van der Waals surface area (Å²) in [6, 6.07) is 6.29. The molecule has 0 saturated heterocycles. The maximum atomic E-state index is 14.0. The topological polar surface area (TPSA) is 68.2 Å². The predicted octanol–water partition coefficient (Wildman–Crippen LogP) is 5.51. The zero-order valence-electron chi connectivity index (χ0n) is 17.6. The number of thiophene rings is 1. The fourth-order valence-electron chi connectivity index (χ4n) is 3.77. The Labute approximate surface area is 199 Å². The lowest BCUT2D eigenvalue weighted by molar-refractivity contribution is 0.0601. The van der Waals surface area contributed by atoms with Gasteiger partial charge in [0.05, 0.1) is 19.2 Å². The Morgan fingerprint density at radius 3 is 2.97 bits per heavy atom. The highest BCUT2D eigenvalue weighted by Gasteiger charge is 2.28. The Morgan fingerprint density at radius 2 is 2.22 bits per heavy atom. The number of rotatable bonds is 5. The second-order valence-corrected chi connectivity index (χ2v) is 9.65. The van der Waals surface area contributed by atoms with Crippen LogP contribution in [0.4, 0.5) is 15.2 Å². The third kappa shape index (κ3) is 4.79. The van der Waals surface area contributed by atoms with Crippen LogP contribution in [0, 0.1) is 11.7 Å². The van der Waals surface area contributed by atoms with Gasteiger partial charge in [0.25, 0.3) is 0 Å². The summed E-state index contributed by atoms with van der Waals surface area (Å²) in [5.74, 6) is 0.320. The van der Waals surface area contributed by atoms with E-state index in [1.807, 2.05) is 0 Å². The van der Waals surface area contributed by atoms with Gasteiger partial charge < -0.3 is 15.4 Å². The monoisotopic (exact) mass is 492 g/mol. The van der Waals surface area contributed by atoms with Crippen LogP contribution < -0.4 is 10.6 Å². The van der Waals surface area contributed by atoms with E-state index in [0.29, 0.717) is 38.0 Å². The van der Waals surface area contributed by atoms with Gasteiger partial charge in [-0.3, -0.25) is 4.68 Å². The number of aromatic nitrogens is 2. The van der Waals surface area contributed by atoms with Gasteiger partial charge in [-0.25, -0.2) is 9.18 Å². The van der Waals surface area contributed by atoms with Crippen molar-refractivity contribution in [3.05, 3.63) is 62.9 Å². The fraction of sp³-hybridized carbons (Fsp3) is 0.318. The summed E-state index contributed by atoms with van der Waals surface area (Å²) < 4.78 is 20.6. The molecule has 0 saturated carbocycles. The number of fused-ring (bicyclic) bond motifs is 1. The third-order valence-electron chi connectivity index (χ3n) is 5.39. The molecule has 168 valence electrons. The number of hydrogen-bond acceptors (Lipinski definition) is 5. The maximum absolute atomic E-state index is 14.0. The molecule has 0 aliphatic heterocycles. The standard InChI is InChI=1S/C22H22ClFN4O2S2/c1-12-6-7-13-17(10-12)32-20(19(13)21(29)30-2)26-22(31)25-18-8-9-28(27-18)11-14-15(23)4-3-5-16(14)24/h3-5,8-9,12H,6-7,10-11H2,1-2H3,(H2,25,26,27,31). The number of nitrogens with one attached hydrogen (secondary N) is 2.